The second kappa shape index (κ2) is 8.52. The lowest BCUT2D eigenvalue weighted by Crippen LogP contribution is -2.27. The van der Waals surface area contributed by atoms with E-state index in [-0.39, 0.29) is 13.2 Å². The number of carbonyl (C=O) groups excluding carboxylic acids is 2. The van der Waals surface area contributed by atoms with Crippen LogP contribution in [0.2, 0.25) is 0 Å². The molecule has 29 heavy (non-hydrogen) atoms. The highest BCUT2D eigenvalue weighted by Gasteiger charge is 2.22. The third-order valence-electron chi connectivity index (χ3n) is 4.50. The van der Waals surface area contributed by atoms with Crippen molar-refractivity contribution >= 4 is 22.8 Å². The zero-order valence-electron chi connectivity index (χ0n) is 17.4. The monoisotopic (exact) mass is 393 g/mol. The largest absolute Gasteiger partial charge is 0.459 e. The van der Waals surface area contributed by atoms with Gasteiger partial charge in [-0.2, -0.15) is 0 Å². The second-order valence-corrected chi connectivity index (χ2v) is 8.01. The van der Waals surface area contributed by atoms with Crippen molar-refractivity contribution in [2.24, 2.45) is 0 Å². The molecule has 0 fully saturated rings. The van der Waals surface area contributed by atoms with E-state index in [0.717, 1.165) is 28.5 Å². The van der Waals surface area contributed by atoms with Crippen molar-refractivity contribution in [2.75, 3.05) is 0 Å². The molecule has 0 aliphatic heterocycles. The Bertz CT molecular complexity index is 1010. The lowest BCUT2D eigenvalue weighted by molar-refractivity contribution is -0.155. The fourth-order valence-electron chi connectivity index (χ4n) is 3.18. The summed E-state index contributed by atoms with van der Waals surface area (Å²) in [6.45, 7) is 7.66. The minimum atomic E-state index is -0.594. The van der Waals surface area contributed by atoms with Crippen molar-refractivity contribution in [2.45, 2.75) is 52.9 Å². The number of benzene rings is 2. The maximum Gasteiger partial charge on any atom is 0.355 e. The Kier molecular flexibility index (Phi) is 6.06. The second-order valence-electron chi connectivity index (χ2n) is 8.01. The zero-order chi connectivity index (χ0) is 21.0. The molecule has 152 valence electrons. The lowest BCUT2D eigenvalue weighted by atomic mass is 10.1. The first-order chi connectivity index (χ1) is 13.8. The van der Waals surface area contributed by atoms with Crippen molar-refractivity contribution in [3.63, 3.8) is 0 Å². The fraction of sp³-hybridized carbons (Fsp3) is 0.333. The highest BCUT2D eigenvalue weighted by molar-refractivity contribution is 5.96. The molecule has 5 nitrogen and oxygen atoms in total. The highest BCUT2D eigenvalue weighted by Crippen LogP contribution is 2.23. The minimum absolute atomic E-state index is 0.0536. The molecular formula is C24H27NO4. The van der Waals surface area contributed by atoms with E-state index in [2.05, 4.69) is 6.92 Å². The predicted molar refractivity (Wildman–Crippen MR) is 113 cm³/mol. The van der Waals surface area contributed by atoms with Crippen LogP contribution in [0.25, 0.3) is 10.9 Å². The standard InChI is InChI=1S/C24H27NO4/c1-5-17-11-12-20-19(13-17)14-21(25(20)15-22(26)29-24(2,3)4)23(27)28-16-18-9-7-6-8-10-18/h6-14H,5,15-16H2,1-4H3. The molecule has 1 aromatic heterocycles. The van der Waals surface area contributed by atoms with Gasteiger partial charge < -0.3 is 14.0 Å². The minimum Gasteiger partial charge on any atom is -0.459 e. The quantitative estimate of drug-likeness (QED) is 0.559. The van der Waals surface area contributed by atoms with Crippen LogP contribution < -0.4 is 0 Å². The predicted octanol–water partition coefficient (Wildman–Crippen LogP) is 4.90. The van der Waals surface area contributed by atoms with E-state index >= 15 is 0 Å². The smallest absolute Gasteiger partial charge is 0.355 e. The van der Waals surface area contributed by atoms with Gasteiger partial charge in [0.1, 0.15) is 24.4 Å². The first-order valence-electron chi connectivity index (χ1n) is 9.82. The van der Waals surface area contributed by atoms with Crippen LogP contribution >= 0.6 is 0 Å². The number of esters is 2. The van der Waals surface area contributed by atoms with Crippen molar-refractivity contribution in [3.05, 3.63) is 71.4 Å². The average Bonchev–Trinajstić information content (AvgIpc) is 3.03. The van der Waals surface area contributed by atoms with Crippen LogP contribution in [-0.4, -0.2) is 22.1 Å². The summed E-state index contributed by atoms with van der Waals surface area (Å²) in [5.74, 6) is -0.863. The topological polar surface area (TPSA) is 57.5 Å². The summed E-state index contributed by atoms with van der Waals surface area (Å²) in [6.07, 6.45) is 0.890. The summed E-state index contributed by atoms with van der Waals surface area (Å²) in [5.41, 5.74) is 2.62. The van der Waals surface area contributed by atoms with Crippen LogP contribution in [0.1, 0.15) is 49.3 Å². The van der Waals surface area contributed by atoms with E-state index in [1.165, 1.54) is 0 Å². The van der Waals surface area contributed by atoms with Gasteiger partial charge in [0.25, 0.3) is 0 Å². The molecule has 0 amide bonds. The average molecular weight is 393 g/mol. The molecule has 1 heterocycles. The van der Waals surface area contributed by atoms with Crippen LogP contribution in [0.15, 0.2) is 54.6 Å². The van der Waals surface area contributed by atoms with Gasteiger partial charge >= 0.3 is 11.9 Å². The molecule has 0 bridgehead atoms. The Hall–Kier alpha value is -3.08. The van der Waals surface area contributed by atoms with Gasteiger partial charge in [-0.05, 0) is 56.5 Å². The Balaban J connectivity index is 1.91. The molecule has 3 rings (SSSR count). The van der Waals surface area contributed by atoms with Crippen LogP contribution in [-0.2, 0) is 33.8 Å². The summed E-state index contributed by atoms with van der Waals surface area (Å²) in [4.78, 5) is 25.3. The maximum absolute atomic E-state index is 12.8. The van der Waals surface area contributed by atoms with Crippen LogP contribution in [0.5, 0.6) is 0 Å². The number of hydrogen-bond donors (Lipinski definition) is 0. The van der Waals surface area contributed by atoms with E-state index in [4.69, 9.17) is 9.47 Å². The Morgan fingerprint density at radius 1 is 0.966 bits per heavy atom. The van der Waals surface area contributed by atoms with Gasteiger partial charge in [-0.3, -0.25) is 4.79 Å². The lowest BCUT2D eigenvalue weighted by Gasteiger charge is -2.20. The Labute approximate surface area is 171 Å². The van der Waals surface area contributed by atoms with Crippen LogP contribution in [0.3, 0.4) is 0 Å². The van der Waals surface area contributed by atoms with E-state index in [9.17, 15) is 9.59 Å². The number of hydrogen-bond acceptors (Lipinski definition) is 4. The van der Waals surface area contributed by atoms with Crippen molar-refractivity contribution in [1.82, 2.24) is 4.57 Å². The number of fused-ring (bicyclic) bond motifs is 1. The maximum atomic E-state index is 12.8. The van der Waals surface area contributed by atoms with Gasteiger partial charge in [-0.1, -0.05) is 43.3 Å². The molecule has 0 unspecified atom stereocenters. The van der Waals surface area contributed by atoms with Crippen LogP contribution in [0, 0.1) is 0 Å². The first kappa shape index (κ1) is 20.6. The van der Waals surface area contributed by atoms with Gasteiger partial charge in [0.05, 0.1) is 0 Å². The summed E-state index contributed by atoms with van der Waals surface area (Å²) in [6, 6.07) is 17.3. The van der Waals surface area contributed by atoms with Gasteiger partial charge in [-0.25, -0.2) is 4.79 Å². The summed E-state index contributed by atoms with van der Waals surface area (Å²) in [5, 5.41) is 0.902. The highest BCUT2D eigenvalue weighted by atomic mass is 16.6. The number of rotatable bonds is 6. The SMILES string of the molecule is CCc1ccc2c(c1)cc(C(=O)OCc1ccccc1)n2CC(=O)OC(C)(C)C. The number of aryl methyl sites for hydroxylation is 1. The fourth-order valence-corrected chi connectivity index (χ4v) is 3.18. The molecule has 2 aromatic carbocycles. The number of ether oxygens (including phenoxy) is 2. The van der Waals surface area contributed by atoms with Gasteiger partial charge in [0.2, 0.25) is 0 Å². The third kappa shape index (κ3) is 5.25. The van der Waals surface area contributed by atoms with Crippen molar-refractivity contribution in [3.8, 4) is 0 Å². The molecule has 0 aliphatic carbocycles. The molecule has 0 atom stereocenters. The molecule has 0 aliphatic rings. The van der Waals surface area contributed by atoms with Gasteiger partial charge in [0, 0.05) is 10.9 Å². The molecule has 5 heteroatoms. The number of aromatic nitrogens is 1. The van der Waals surface area contributed by atoms with E-state index in [0.29, 0.717) is 5.69 Å². The summed E-state index contributed by atoms with van der Waals surface area (Å²) < 4.78 is 12.6. The van der Waals surface area contributed by atoms with Crippen molar-refractivity contribution < 1.29 is 19.1 Å². The molecule has 0 spiro atoms. The number of nitrogens with zero attached hydrogens (tertiary/aromatic N) is 1. The molecule has 0 N–H and O–H groups in total. The Morgan fingerprint density at radius 3 is 2.34 bits per heavy atom. The molecule has 0 saturated heterocycles. The summed E-state index contributed by atoms with van der Waals surface area (Å²) >= 11 is 0. The third-order valence-corrected chi connectivity index (χ3v) is 4.50. The normalized spacial score (nSPS) is 11.4. The molecule has 0 saturated carbocycles. The zero-order valence-corrected chi connectivity index (χ0v) is 17.4. The molecule has 3 aromatic rings. The Morgan fingerprint density at radius 2 is 1.69 bits per heavy atom. The van der Waals surface area contributed by atoms with E-state index in [1.54, 1.807) is 10.6 Å². The van der Waals surface area contributed by atoms with Gasteiger partial charge in [0.15, 0.2) is 0 Å². The first-order valence-corrected chi connectivity index (χ1v) is 9.82. The summed E-state index contributed by atoms with van der Waals surface area (Å²) in [7, 11) is 0. The van der Waals surface area contributed by atoms with Crippen LogP contribution in [0.4, 0.5) is 0 Å². The molecular weight excluding hydrogens is 366 g/mol. The van der Waals surface area contributed by atoms with E-state index < -0.39 is 17.5 Å². The number of carbonyl (C=O) groups is 2. The van der Waals surface area contributed by atoms with Gasteiger partial charge in [-0.15, -0.1) is 0 Å². The van der Waals surface area contributed by atoms with E-state index in [1.807, 2.05) is 69.3 Å². The molecule has 0 radical (unpaired) electrons. The van der Waals surface area contributed by atoms with Crippen molar-refractivity contribution in [1.29, 1.82) is 0 Å².